The molecule has 7 nitrogen and oxygen atoms in total. The highest BCUT2D eigenvalue weighted by Crippen LogP contribution is 2.28. The van der Waals surface area contributed by atoms with Crippen LogP contribution in [0.4, 0.5) is 5.69 Å². The van der Waals surface area contributed by atoms with Crippen molar-refractivity contribution in [1.82, 2.24) is 14.2 Å². The van der Waals surface area contributed by atoms with Crippen LogP contribution in [0.25, 0.3) is 0 Å². The zero-order valence-electron chi connectivity index (χ0n) is 18.0. The SMILES string of the molecule is CS(=O)(=O)N1CCC(c2ccc(C(=O)Nc3ccccc3CN3CCCC3)cn2)CC1. The molecule has 2 aliphatic rings. The number of para-hydroxylation sites is 1. The van der Waals surface area contributed by atoms with Crippen LogP contribution in [-0.2, 0) is 16.6 Å². The van der Waals surface area contributed by atoms with E-state index < -0.39 is 10.0 Å². The number of carbonyl (C=O) groups excluding carboxylic acids is 1. The fraction of sp³-hybridized carbons (Fsp3) is 0.478. The monoisotopic (exact) mass is 442 g/mol. The van der Waals surface area contributed by atoms with E-state index in [4.69, 9.17) is 0 Å². The van der Waals surface area contributed by atoms with Gasteiger partial charge in [-0.3, -0.25) is 14.7 Å². The molecule has 0 atom stereocenters. The lowest BCUT2D eigenvalue weighted by atomic mass is 9.94. The van der Waals surface area contributed by atoms with E-state index in [9.17, 15) is 13.2 Å². The molecule has 31 heavy (non-hydrogen) atoms. The highest BCUT2D eigenvalue weighted by molar-refractivity contribution is 7.88. The van der Waals surface area contributed by atoms with Gasteiger partial charge in [0.05, 0.1) is 11.8 Å². The molecular weight excluding hydrogens is 412 g/mol. The van der Waals surface area contributed by atoms with Crippen molar-refractivity contribution in [2.24, 2.45) is 0 Å². The Morgan fingerprint density at radius 1 is 1.06 bits per heavy atom. The van der Waals surface area contributed by atoms with Crippen molar-refractivity contribution in [3.8, 4) is 0 Å². The Balaban J connectivity index is 1.38. The van der Waals surface area contributed by atoms with Crippen LogP contribution in [0.3, 0.4) is 0 Å². The van der Waals surface area contributed by atoms with Crippen LogP contribution < -0.4 is 5.32 Å². The minimum Gasteiger partial charge on any atom is -0.322 e. The first-order valence-corrected chi connectivity index (χ1v) is 12.8. The Hall–Kier alpha value is -2.29. The zero-order valence-corrected chi connectivity index (χ0v) is 18.8. The molecule has 2 fully saturated rings. The van der Waals surface area contributed by atoms with Crippen LogP contribution in [0.2, 0.25) is 0 Å². The van der Waals surface area contributed by atoms with Gasteiger partial charge in [-0.05, 0) is 62.5 Å². The molecule has 2 aromatic rings. The Morgan fingerprint density at radius 3 is 2.42 bits per heavy atom. The second kappa shape index (κ2) is 9.46. The van der Waals surface area contributed by atoms with E-state index in [0.29, 0.717) is 18.7 Å². The summed E-state index contributed by atoms with van der Waals surface area (Å²) in [7, 11) is -3.13. The first kappa shape index (κ1) is 21.9. The molecule has 3 heterocycles. The maximum atomic E-state index is 12.8. The maximum Gasteiger partial charge on any atom is 0.257 e. The smallest absolute Gasteiger partial charge is 0.257 e. The lowest BCUT2D eigenvalue weighted by molar-refractivity contribution is 0.102. The number of hydrogen-bond acceptors (Lipinski definition) is 5. The summed E-state index contributed by atoms with van der Waals surface area (Å²) in [6, 6.07) is 11.7. The second-order valence-corrected chi connectivity index (χ2v) is 10.5. The van der Waals surface area contributed by atoms with Crippen LogP contribution in [-0.4, -0.2) is 60.9 Å². The molecule has 2 saturated heterocycles. The van der Waals surface area contributed by atoms with Crippen molar-refractivity contribution in [1.29, 1.82) is 0 Å². The number of likely N-dealkylation sites (tertiary alicyclic amines) is 1. The number of rotatable bonds is 6. The first-order chi connectivity index (χ1) is 14.9. The summed E-state index contributed by atoms with van der Waals surface area (Å²) in [5.74, 6) is 0.0520. The van der Waals surface area contributed by atoms with Crippen LogP contribution in [0.15, 0.2) is 42.6 Å². The molecule has 2 aliphatic heterocycles. The van der Waals surface area contributed by atoms with Gasteiger partial charge in [0, 0.05) is 43.1 Å². The summed E-state index contributed by atoms with van der Waals surface area (Å²) in [5, 5.41) is 3.04. The van der Waals surface area contributed by atoms with Gasteiger partial charge in [-0.1, -0.05) is 18.2 Å². The molecular formula is C23H30N4O3S. The molecule has 166 valence electrons. The van der Waals surface area contributed by atoms with E-state index in [1.165, 1.54) is 23.4 Å². The van der Waals surface area contributed by atoms with E-state index in [1.807, 2.05) is 30.3 Å². The fourth-order valence-electron chi connectivity index (χ4n) is 4.42. The van der Waals surface area contributed by atoms with Crippen molar-refractivity contribution in [3.63, 3.8) is 0 Å². The summed E-state index contributed by atoms with van der Waals surface area (Å²) in [4.78, 5) is 19.7. The molecule has 1 aromatic carbocycles. The number of anilines is 1. The average Bonchev–Trinajstić information content (AvgIpc) is 3.28. The Morgan fingerprint density at radius 2 is 1.77 bits per heavy atom. The molecule has 4 rings (SSSR count). The number of sulfonamides is 1. The number of pyridine rings is 1. The molecule has 0 saturated carbocycles. The van der Waals surface area contributed by atoms with Gasteiger partial charge >= 0.3 is 0 Å². The average molecular weight is 443 g/mol. The molecule has 8 heteroatoms. The minimum atomic E-state index is -3.13. The third-order valence-electron chi connectivity index (χ3n) is 6.25. The van der Waals surface area contributed by atoms with Crippen molar-refractivity contribution in [2.75, 3.05) is 37.8 Å². The Bertz CT molecular complexity index is 1010. The number of nitrogens with zero attached hydrogens (tertiary/aromatic N) is 3. The van der Waals surface area contributed by atoms with Crippen LogP contribution in [0.5, 0.6) is 0 Å². The first-order valence-electron chi connectivity index (χ1n) is 10.9. The second-order valence-electron chi connectivity index (χ2n) is 8.50. The summed E-state index contributed by atoms with van der Waals surface area (Å²) in [6.45, 7) is 4.09. The van der Waals surface area contributed by atoms with E-state index in [1.54, 1.807) is 6.20 Å². The van der Waals surface area contributed by atoms with Gasteiger partial charge in [0.15, 0.2) is 0 Å². The number of carbonyl (C=O) groups is 1. The standard InChI is InChI=1S/C23H30N4O3S/c1-31(29,30)27-14-10-18(11-15-27)21-9-8-19(16-24-21)23(28)25-22-7-3-2-6-20(22)17-26-12-4-5-13-26/h2-3,6-9,16,18H,4-5,10-15,17H2,1H3,(H,25,28). The van der Waals surface area contributed by atoms with Gasteiger partial charge in [-0.15, -0.1) is 0 Å². The van der Waals surface area contributed by atoms with Gasteiger partial charge in [0.25, 0.3) is 5.91 Å². The molecule has 0 aliphatic carbocycles. The predicted molar refractivity (Wildman–Crippen MR) is 122 cm³/mol. The molecule has 0 bridgehead atoms. The van der Waals surface area contributed by atoms with Crippen LogP contribution >= 0.6 is 0 Å². The number of benzene rings is 1. The zero-order chi connectivity index (χ0) is 21.8. The lowest BCUT2D eigenvalue weighted by Crippen LogP contribution is -2.37. The molecule has 1 N–H and O–H groups in total. The maximum absolute atomic E-state index is 12.8. The third-order valence-corrected chi connectivity index (χ3v) is 7.55. The predicted octanol–water partition coefficient (Wildman–Crippen LogP) is 3.07. The van der Waals surface area contributed by atoms with Crippen LogP contribution in [0.1, 0.15) is 53.2 Å². The van der Waals surface area contributed by atoms with Crippen molar-refractivity contribution in [3.05, 3.63) is 59.4 Å². The van der Waals surface area contributed by atoms with Gasteiger partial charge < -0.3 is 5.32 Å². The normalized spacial score (nSPS) is 18.9. The molecule has 0 spiro atoms. The molecule has 0 radical (unpaired) electrons. The van der Waals surface area contributed by atoms with Crippen molar-refractivity contribution in [2.45, 2.75) is 38.1 Å². The Labute approximate surface area is 184 Å². The van der Waals surface area contributed by atoms with E-state index in [-0.39, 0.29) is 11.8 Å². The quantitative estimate of drug-likeness (QED) is 0.743. The number of hydrogen-bond donors (Lipinski definition) is 1. The third kappa shape index (κ3) is 5.50. The molecule has 0 unspecified atom stereocenters. The minimum absolute atomic E-state index is 0.167. The van der Waals surface area contributed by atoms with Gasteiger partial charge in [-0.2, -0.15) is 0 Å². The summed E-state index contributed by atoms with van der Waals surface area (Å²) >= 11 is 0. The van der Waals surface area contributed by atoms with Gasteiger partial charge in [-0.25, -0.2) is 12.7 Å². The Kier molecular flexibility index (Phi) is 6.69. The highest BCUT2D eigenvalue weighted by atomic mass is 32.2. The van der Waals surface area contributed by atoms with Gasteiger partial charge in [0.1, 0.15) is 0 Å². The molecule has 1 amide bonds. The van der Waals surface area contributed by atoms with Crippen molar-refractivity contribution < 1.29 is 13.2 Å². The van der Waals surface area contributed by atoms with E-state index in [0.717, 1.165) is 49.4 Å². The number of nitrogens with one attached hydrogen (secondary N) is 1. The topological polar surface area (TPSA) is 82.6 Å². The van der Waals surface area contributed by atoms with Crippen LogP contribution in [0, 0.1) is 0 Å². The number of aromatic nitrogens is 1. The highest BCUT2D eigenvalue weighted by Gasteiger charge is 2.26. The number of amides is 1. The largest absolute Gasteiger partial charge is 0.322 e. The lowest BCUT2D eigenvalue weighted by Gasteiger charge is -2.29. The van der Waals surface area contributed by atoms with Gasteiger partial charge in [0.2, 0.25) is 10.0 Å². The van der Waals surface area contributed by atoms with E-state index in [2.05, 4.69) is 21.3 Å². The number of piperidine rings is 1. The van der Waals surface area contributed by atoms with E-state index >= 15 is 0 Å². The van der Waals surface area contributed by atoms with Crippen molar-refractivity contribution >= 4 is 21.6 Å². The summed E-state index contributed by atoms with van der Waals surface area (Å²) in [6.07, 6.45) is 6.84. The summed E-state index contributed by atoms with van der Waals surface area (Å²) in [5.41, 5.74) is 3.41. The summed E-state index contributed by atoms with van der Waals surface area (Å²) < 4.78 is 24.9. The molecule has 1 aromatic heterocycles. The fourth-order valence-corrected chi connectivity index (χ4v) is 5.29.